The Balaban J connectivity index is 0.000000157. The van der Waals surface area contributed by atoms with Crippen LogP contribution < -0.4 is 4.90 Å². The van der Waals surface area contributed by atoms with E-state index >= 15 is 0 Å². The van der Waals surface area contributed by atoms with Crippen molar-refractivity contribution in [2.45, 2.75) is 6.92 Å². The van der Waals surface area contributed by atoms with E-state index in [9.17, 15) is 18.0 Å². The number of carbonyl (C=O) groups excluding carboxylic acids is 2. The number of imide groups is 1. The smallest absolute Gasteiger partial charge is 0.268 e. The number of benzene rings is 1. The molecule has 5 nitrogen and oxygen atoms in total. The number of carbonyl (C=O) groups is 2. The van der Waals surface area contributed by atoms with Crippen LogP contribution in [-0.2, 0) is 9.05 Å². The zero-order chi connectivity index (χ0) is 12.8. The summed E-state index contributed by atoms with van der Waals surface area (Å²) in [5, 5.41) is 0. The molecule has 0 saturated carbocycles. The quantitative estimate of drug-likeness (QED) is 0.572. The summed E-state index contributed by atoms with van der Waals surface area (Å²) in [5.41, 5.74) is 1.95. The van der Waals surface area contributed by atoms with Gasteiger partial charge in [-0.1, -0.05) is 13.0 Å². The number of amides is 2. The third-order valence-corrected chi connectivity index (χ3v) is 3.82. The van der Waals surface area contributed by atoms with Crippen molar-refractivity contribution in [3.63, 3.8) is 0 Å². The summed E-state index contributed by atoms with van der Waals surface area (Å²) in [6.45, 7) is 1.49. The summed E-state index contributed by atoms with van der Waals surface area (Å²) in [5.74, 6) is -0.292. The molecular formula is C10H8ClNO4S. The van der Waals surface area contributed by atoms with Crippen LogP contribution in [0.3, 0.4) is 0 Å². The number of nitrogens with zero attached hydrogens (tertiary/aromatic N) is 1. The molecule has 0 spiro atoms. The van der Waals surface area contributed by atoms with Gasteiger partial charge in [0.25, 0.3) is 11.8 Å². The van der Waals surface area contributed by atoms with Crippen LogP contribution in [0.1, 0.15) is 27.6 Å². The molecule has 0 saturated heterocycles. The van der Waals surface area contributed by atoms with E-state index in [0.717, 1.165) is 5.69 Å². The molecule has 17 heavy (non-hydrogen) atoms. The van der Waals surface area contributed by atoms with Crippen molar-refractivity contribution in [1.29, 1.82) is 0 Å². The lowest BCUT2D eigenvalue weighted by Gasteiger charge is -2.20. The van der Waals surface area contributed by atoms with Crippen LogP contribution in [0.2, 0.25) is 0 Å². The number of halogens is 1. The van der Waals surface area contributed by atoms with Gasteiger partial charge in [0.15, 0.2) is 0 Å². The molecule has 4 rings (SSSR count). The van der Waals surface area contributed by atoms with Gasteiger partial charge < -0.3 is 0 Å². The zero-order valence-electron chi connectivity index (χ0n) is 8.81. The standard InChI is InChI=1S/C8H3NO2.C2H5ClO2S/c10-7-4-2-1-3-5-6(4)8(11)9(5)7;1-2-6(3,4)5/h1-3H;2H2,1H3. The highest BCUT2D eigenvalue weighted by molar-refractivity contribution is 8.13. The molecule has 0 unspecified atom stereocenters. The Labute approximate surface area is 102 Å². The third-order valence-electron chi connectivity index (χ3n) is 2.48. The molecule has 0 radical (unpaired) electrons. The molecule has 3 aliphatic heterocycles. The number of anilines is 1. The van der Waals surface area contributed by atoms with Gasteiger partial charge in [-0.15, -0.1) is 0 Å². The highest BCUT2D eigenvalue weighted by Crippen LogP contribution is 2.43. The molecule has 4 bridgehead atoms. The van der Waals surface area contributed by atoms with Gasteiger partial charge >= 0.3 is 0 Å². The molecule has 0 fully saturated rings. The zero-order valence-corrected chi connectivity index (χ0v) is 10.4. The summed E-state index contributed by atoms with van der Waals surface area (Å²) >= 11 is 0. The molecule has 1 aromatic carbocycles. The molecule has 1 aromatic rings. The van der Waals surface area contributed by atoms with Crippen molar-refractivity contribution >= 4 is 37.2 Å². The maximum atomic E-state index is 11.2. The Kier molecular flexibility index (Phi) is 2.71. The molecular weight excluding hydrogens is 266 g/mol. The summed E-state index contributed by atoms with van der Waals surface area (Å²) in [4.78, 5) is 23.4. The molecule has 7 heteroatoms. The second-order valence-electron chi connectivity index (χ2n) is 3.47. The summed E-state index contributed by atoms with van der Waals surface area (Å²) < 4.78 is 19.5. The third kappa shape index (κ3) is 1.83. The fourth-order valence-corrected chi connectivity index (χ4v) is 1.62. The second-order valence-corrected chi connectivity index (χ2v) is 6.54. The Morgan fingerprint density at radius 2 is 1.82 bits per heavy atom. The van der Waals surface area contributed by atoms with E-state index in [2.05, 4.69) is 10.7 Å². The predicted octanol–water partition coefficient (Wildman–Crippen LogP) is 1.38. The van der Waals surface area contributed by atoms with Crippen LogP contribution in [0, 0.1) is 0 Å². The van der Waals surface area contributed by atoms with Crippen molar-refractivity contribution in [2.24, 2.45) is 0 Å². The number of rotatable bonds is 1. The number of hydrogen-bond acceptors (Lipinski definition) is 4. The molecule has 90 valence electrons. The van der Waals surface area contributed by atoms with E-state index in [4.69, 9.17) is 0 Å². The largest absolute Gasteiger partial charge is 0.268 e. The van der Waals surface area contributed by atoms with Crippen molar-refractivity contribution in [1.82, 2.24) is 0 Å². The normalized spacial score (nSPS) is 15.3. The Bertz CT molecular complexity index is 623. The lowest BCUT2D eigenvalue weighted by Crippen LogP contribution is -2.35. The van der Waals surface area contributed by atoms with Crippen molar-refractivity contribution in [3.8, 4) is 0 Å². The average Bonchev–Trinajstić information content (AvgIpc) is 2.61. The fourth-order valence-electron chi connectivity index (χ4n) is 1.62. The first kappa shape index (κ1) is 12.1. The highest BCUT2D eigenvalue weighted by atomic mass is 35.7. The minimum absolute atomic E-state index is 0.00849. The van der Waals surface area contributed by atoms with Gasteiger partial charge in [0, 0.05) is 10.7 Å². The van der Waals surface area contributed by atoms with Crippen molar-refractivity contribution in [3.05, 3.63) is 29.3 Å². The van der Waals surface area contributed by atoms with E-state index in [0.29, 0.717) is 11.1 Å². The van der Waals surface area contributed by atoms with Crippen molar-refractivity contribution in [2.75, 3.05) is 10.7 Å². The van der Waals surface area contributed by atoms with Crippen LogP contribution >= 0.6 is 10.7 Å². The first-order chi connectivity index (χ1) is 7.87. The second kappa shape index (κ2) is 3.82. The van der Waals surface area contributed by atoms with Gasteiger partial charge in [0.1, 0.15) is 0 Å². The summed E-state index contributed by atoms with van der Waals surface area (Å²) in [6, 6.07) is 5.26. The van der Waals surface area contributed by atoms with E-state index in [1.165, 1.54) is 11.8 Å². The van der Waals surface area contributed by atoms with Gasteiger partial charge in [-0.2, -0.15) is 0 Å². The lowest BCUT2D eigenvalue weighted by atomic mass is 10.1. The van der Waals surface area contributed by atoms with Crippen LogP contribution in [0.5, 0.6) is 0 Å². The molecule has 3 aliphatic rings. The number of hydrogen-bond donors (Lipinski definition) is 0. The maximum Gasteiger partial charge on any atom is 0.268 e. The van der Waals surface area contributed by atoms with Gasteiger partial charge in [-0.25, -0.2) is 13.3 Å². The fraction of sp³-hybridized carbons (Fsp3) is 0.200. The Morgan fingerprint density at radius 1 is 1.24 bits per heavy atom. The van der Waals surface area contributed by atoms with E-state index < -0.39 is 9.05 Å². The first-order valence-electron chi connectivity index (χ1n) is 4.81. The van der Waals surface area contributed by atoms with E-state index in [1.54, 1.807) is 18.2 Å². The van der Waals surface area contributed by atoms with E-state index in [1.807, 2.05) is 0 Å². The Morgan fingerprint density at radius 3 is 2.24 bits per heavy atom. The molecule has 0 aromatic heterocycles. The van der Waals surface area contributed by atoms with Gasteiger partial charge in [-0.05, 0) is 12.1 Å². The molecule has 2 amide bonds. The molecule has 0 N–H and O–H groups in total. The molecule has 0 atom stereocenters. The van der Waals surface area contributed by atoms with Gasteiger partial charge in [0.05, 0.1) is 22.6 Å². The Hall–Kier alpha value is -1.40. The molecule has 0 aliphatic carbocycles. The van der Waals surface area contributed by atoms with Crippen LogP contribution in [0.25, 0.3) is 0 Å². The van der Waals surface area contributed by atoms with Crippen LogP contribution in [0.4, 0.5) is 5.69 Å². The minimum Gasteiger partial charge on any atom is -0.268 e. The average molecular weight is 274 g/mol. The van der Waals surface area contributed by atoms with Gasteiger partial charge in [0.2, 0.25) is 9.05 Å². The van der Waals surface area contributed by atoms with Crippen LogP contribution in [0.15, 0.2) is 18.2 Å². The first-order valence-corrected chi connectivity index (χ1v) is 7.28. The lowest BCUT2D eigenvalue weighted by molar-refractivity contribution is 0.0912. The van der Waals surface area contributed by atoms with Gasteiger partial charge in [-0.3, -0.25) is 9.59 Å². The highest BCUT2D eigenvalue weighted by Gasteiger charge is 2.48. The predicted molar refractivity (Wildman–Crippen MR) is 62.9 cm³/mol. The summed E-state index contributed by atoms with van der Waals surface area (Å²) in [6.07, 6.45) is 0. The minimum atomic E-state index is -3.19. The maximum absolute atomic E-state index is 11.2. The molecule has 3 heterocycles. The van der Waals surface area contributed by atoms with E-state index in [-0.39, 0.29) is 17.6 Å². The van der Waals surface area contributed by atoms with Crippen LogP contribution in [-0.4, -0.2) is 26.0 Å². The topological polar surface area (TPSA) is 71.5 Å². The summed E-state index contributed by atoms with van der Waals surface area (Å²) in [7, 11) is 1.50. The SMILES string of the molecule is CCS(=O)(=O)Cl.O=C1c2cccc3c2C(=O)N13. The van der Waals surface area contributed by atoms with Crippen molar-refractivity contribution < 1.29 is 18.0 Å². The monoisotopic (exact) mass is 273 g/mol.